The Morgan fingerprint density at radius 2 is 2.50 bits per heavy atom. The lowest BCUT2D eigenvalue weighted by Crippen LogP contribution is -2.10. The first-order chi connectivity index (χ1) is 2.77. The average molecular weight is 87.1 g/mol. The predicted molar refractivity (Wildman–Crippen MR) is 23.2 cm³/mol. The van der Waals surface area contributed by atoms with Crippen LogP contribution < -0.4 is 5.32 Å². The van der Waals surface area contributed by atoms with Gasteiger partial charge in [-0.3, -0.25) is 5.32 Å². The smallest absolute Gasteiger partial charge is 0.128 e. The summed E-state index contributed by atoms with van der Waals surface area (Å²) in [6.07, 6.45) is 0.826. The van der Waals surface area contributed by atoms with E-state index in [1.54, 1.807) is 0 Å². The second-order valence-electron chi connectivity index (χ2n) is 1.74. The normalized spacial score (nSPS) is 43.0. The lowest BCUT2D eigenvalue weighted by atomic mass is 10.3. The highest BCUT2D eigenvalue weighted by atomic mass is 16.3. The summed E-state index contributed by atoms with van der Waals surface area (Å²) in [5, 5.41) is 11.6. The summed E-state index contributed by atoms with van der Waals surface area (Å²) in [5.41, 5.74) is -0.458. The van der Waals surface area contributed by atoms with Gasteiger partial charge in [-0.1, -0.05) is 6.92 Å². The highest BCUT2D eigenvalue weighted by Gasteiger charge is 2.36. The predicted octanol–water partition coefficient (Wildman–Crippen LogP) is -0.312. The van der Waals surface area contributed by atoms with Crippen LogP contribution in [0.25, 0.3) is 0 Å². The molecular weight excluding hydrogens is 78.1 g/mol. The molecule has 36 valence electrons. The maximum atomic E-state index is 8.83. The maximum absolute atomic E-state index is 8.83. The Morgan fingerprint density at radius 3 is 2.50 bits per heavy atom. The minimum absolute atomic E-state index is 0.458. The third kappa shape index (κ3) is 0.533. The van der Waals surface area contributed by atoms with E-state index < -0.39 is 5.72 Å². The molecule has 6 heavy (non-hydrogen) atoms. The van der Waals surface area contributed by atoms with E-state index in [2.05, 4.69) is 5.32 Å². The van der Waals surface area contributed by atoms with Gasteiger partial charge in [-0.2, -0.15) is 0 Å². The molecule has 0 amide bonds. The average Bonchev–Trinajstić information content (AvgIpc) is 2.22. The second kappa shape index (κ2) is 0.950. The van der Waals surface area contributed by atoms with Gasteiger partial charge in [0.05, 0.1) is 0 Å². The topological polar surface area (TPSA) is 42.2 Å². The molecule has 0 spiro atoms. The monoisotopic (exact) mass is 87.1 g/mol. The van der Waals surface area contributed by atoms with Gasteiger partial charge in [0.2, 0.25) is 0 Å². The number of rotatable bonds is 1. The Morgan fingerprint density at radius 1 is 2.00 bits per heavy atom. The van der Waals surface area contributed by atoms with Crippen molar-refractivity contribution in [1.29, 1.82) is 0 Å². The van der Waals surface area contributed by atoms with Crippen LogP contribution in [0.5, 0.6) is 0 Å². The number of aliphatic hydroxyl groups is 1. The fraction of sp³-hybridized carbons (Fsp3) is 1.00. The Hall–Kier alpha value is -0.0800. The summed E-state index contributed by atoms with van der Waals surface area (Å²) in [6, 6.07) is 0. The van der Waals surface area contributed by atoms with Crippen LogP contribution in [0.4, 0.5) is 0 Å². The summed E-state index contributed by atoms with van der Waals surface area (Å²) in [4.78, 5) is 0. The van der Waals surface area contributed by atoms with E-state index in [-0.39, 0.29) is 0 Å². The fourth-order valence-electron chi connectivity index (χ4n) is 0.352. The van der Waals surface area contributed by atoms with Crippen molar-refractivity contribution in [3.63, 3.8) is 0 Å². The van der Waals surface area contributed by atoms with E-state index in [0.717, 1.165) is 13.0 Å². The van der Waals surface area contributed by atoms with Gasteiger partial charge in [0, 0.05) is 6.54 Å². The van der Waals surface area contributed by atoms with E-state index in [9.17, 15) is 0 Å². The van der Waals surface area contributed by atoms with Gasteiger partial charge in [0.15, 0.2) is 0 Å². The Labute approximate surface area is 37.2 Å². The lowest BCUT2D eigenvalue weighted by Gasteiger charge is -1.94. The van der Waals surface area contributed by atoms with Crippen LogP contribution in [0, 0.1) is 0 Å². The zero-order valence-corrected chi connectivity index (χ0v) is 3.86. The summed E-state index contributed by atoms with van der Waals surface area (Å²) in [5.74, 6) is 0. The van der Waals surface area contributed by atoms with E-state index in [4.69, 9.17) is 5.11 Å². The molecule has 2 nitrogen and oxygen atoms in total. The first kappa shape index (κ1) is 4.09. The van der Waals surface area contributed by atoms with Crippen molar-refractivity contribution in [2.24, 2.45) is 0 Å². The van der Waals surface area contributed by atoms with E-state index >= 15 is 0 Å². The maximum Gasteiger partial charge on any atom is 0.128 e. The number of hydrogen-bond donors (Lipinski definition) is 2. The second-order valence-corrected chi connectivity index (χ2v) is 1.74. The lowest BCUT2D eigenvalue weighted by molar-refractivity contribution is 0.141. The molecule has 1 fully saturated rings. The third-order valence-electron chi connectivity index (χ3n) is 1.17. The molecule has 0 radical (unpaired) electrons. The SMILES string of the molecule is CCC1(O)CN1. The van der Waals surface area contributed by atoms with E-state index in [1.165, 1.54) is 0 Å². The molecule has 0 aliphatic carbocycles. The van der Waals surface area contributed by atoms with Crippen molar-refractivity contribution >= 4 is 0 Å². The molecule has 1 rings (SSSR count). The molecule has 0 aromatic rings. The summed E-state index contributed by atoms with van der Waals surface area (Å²) < 4.78 is 0. The number of hydrogen-bond acceptors (Lipinski definition) is 2. The molecule has 0 bridgehead atoms. The standard InChI is InChI=1S/C4H9NO/c1-2-4(6)3-5-4/h5-6H,2-3H2,1H3. The van der Waals surface area contributed by atoms with E-state index in [0.29, 0.717) is 0 Å². The highest BCUT2D eigenvalue weighted by Crippen LogP contribution is 2.14. The highest BCUT2D eigenvalue weighted by molar-refractivity contribution is 4.90. The molecule has 2 N–H and O–H groups in total. The van der Waals surface area contributed by atoms with Gasteiger partial charge in [-0.15, -0.1) is 0 Å². The van der Waals surface area contributed by atoms with Gasteiger partial charge < -0.3 is 5.11 Å². The Balaban J connectivity index is 2.28. The van der Waals surface area contributed by atoms with Crippen molar-refractivity contribution in [3.8, 4) is 0 Å². The van der Waals surface area contributed by atoms with Gasteiger partial charge in [0.1, 0.15) is 5.72 Å². The van der Waals surface area contributed by atoms with Crippen molar-refractivity contribution in [2.75, 3.05) is 6.54 Å². The molecule has 1 atom stereocenters. The summed E-state index contributed by atoms with van der Waals surface area (Å²) in [6.45, 7) is 2.74. The van der Waals surface area contributed by atoms with Crippen LogP contribution in [0.3, 0.4) is 0 Å². The third-order valence-corrected chi connectivity index (χ3v) is 1.17. The van der Waals surface area contributed by atoms with Gasteiger partial charge in [-0.05, 0) is 6.42 Å². The van der Waals surface area contributed by atoms with Crippen LogP contribution in [-0.2, 0) is 0 Å². The van der Waals surface area contributed by atoms with Crippen molar-refractivity contribution < 1.29 is 5.11 Å². The molecule has 0 saturated carbocycles. The largest absolute Gasteiger partial charge is 0.375 e. The van der Waals surface area contributed by atoms with Crippen molar-refractivity contribution in [3.05, 3.63) is 0 Å². The van der Waals surface area contributed by atoms with Gasteiger partial charge in [-0.25, -0.2) is 0 Å². The van der Waals surface area contributed by atoms with Gasteiger partial charge >= 0.3 is 0 Å². The minimum atomic E-state index is -0.458. The summed E-state index contributed by atoms with van der Waals surface area (Å²) in [7, 11) is 0. The first-order valence-corrected chi connectivity index (χ1v) is 2.24. The van der Waals surface area contributed by atoms with Crippen molar-refractivity contribution in [1.82, 2.24) is 5.32 Å². The van der Waals surface area contributed by atoms with Crippen LogP contribution >= 0.6 is 0 Å². The van der Waals surface area contributed by atoms with E-state index in [1.807, 2.05) is 6.92 Å². The molecular formula is C4H9NO. The quantitative estimate of drug-likeness (QED) is 0.431. The minimum Gasteiger partial charge on any atom is -0.375 e. The molecule has 1 saturated heterocycles. The zero-order chi connectivity index (χ0) is 4.62. The zero-order valence-electron chi connectivity index (χ0n) is 3.86. The molecule has 0 aromatic heterocycles. The number of nitrogens with one attached hydrogen (secondary N) is 1. The van der Waals surface area contributed by atoms with Crippen LogP contribution in [-0.4, -0.2) is 17.4 Å². The molecule has 1 unspecified atom stereocenters. The van der Waals surface area contributed by atoms with Crippen LogP contribution in [0.2, 0.25) is 0 Å². The number of β-amino-alcohol motifs (C(OH)–C–C–N with tert-alkyl or cyclic N) is 1. The Kier molecular flexibility index (Phi) is 0.648. The summed E-state index contributed by atoms with van der Waals surface area (Å²) >= 11 is 0. The van der Waals surface area contributed by atoms with Gasteiger partial charge in [0.25, 0.3) is 0 Å². The fourth-order valence-corrected chi connectivity index (χ4v) is 0.352. The first-order valence-electron chi connectivity index (χ1n) is 2.24. The molecule has 2 heteroatoms. The molecule has 0 aromatic carbocycles. The molecule has 1 aliphatic rings. The Bertz CT molecular complexity index is 58.6. The molecule has 1 heterocycles. The van der Waals surface area contributed by atoms with Crippen molar-refractivity contribution in [2.45, 2.75) is 19.1 Å². The molecule has 1 aliphatic heterocycles. The van der Waals surface area contributed by atoms with Crippen LogP contribution in [0.1, 0.15) is 13.3 Å². The van der Waals surface area contributed by atoms with Crippen LogP contribution in [0.15, 0.2) is 0 Å².